The number of hydrogen-bond acceptors (Lipinski definition) is 4. The summed E-state index contributed by atoms with van der Waals surface area (Å²) in [5.74, 6) is 0.0949. The molecule has 1 fully saturated rings. The van der Waals surface area contributed by atoms with Crippen LogP contribution in [0.2, 0.25) is 0 Å². The first-order chi connectivity index (χ1) is 7.79. The molecule has 1 aromatic heterocycles. The van der Waals surface area contributed by atoms with Crippen molar-refractivity contribution in [1.82, 2.24) is 15.6 Å². The van der Waals surface area contributed by atoms with Crippen LogP contribution in [0.4, 0.5) is 0 Å². The van der Waals surface area contributed by atoms with E-state index in [4.69, 9.17) is 0 Å². The van der Waals surface area contributed by atoms with Crippen molar-refractivity contribution in [3.63, 3.8) is 0 Å². The molecule has 0 aliphatic heterocycles. The molecule has 0 spiro atoms. The molecule has 16 heavy (non-hydrogen) atoms. The Labute approximate surface area is 99.5 Å². The van der Waals surface area contributed by atoms with E-state index in [2.05, 4.69) is 22.5 Å². The van der Waals surface area contributed by atoms with Crippen molar-refractivity contribution >= 4 is 17.2 Å². The van der Waals surface area contributed by atoms with Gasteiger partial charge in [0.2, 0.25) is 5.91 Å². The highest BCUT2D eigenvalue weighted by Gasteiger charge is 2.23. The summed E-state index contributed by atoms with van der Waals surface area (Å²) in [6, 6.07) is 0.638. The summed E-state index contributed by atoms with van der Waals surface area (Å²) in [5, 5.41) is 9.22. The van der Waals surface area contributed by atoms with E-state index in [1.54, 1.807) is 17.5 Å². The van der Waals surface area contributed by atoms with Gasteiger partial charge in [-0.3, -0.25) is 10.1 Å². The summed E-state index contributed by atoms with van der Waals surface area (Å²) < 4.78 is 0. The average Bonchev–Trinajstić information content (AvgIpc) is 2.92. The van der Waals surface area contributed by atoms with Crippen LogP contribution < -0.4 is 10.6 Å². The second kappa shape index (κ2) is 5.41. The third-order valence-corrected chi connectivity index (χ3v) is 3.50. The van der Waals surface area contributed by atoms with Crippen LogP contribution in [-0.2, 0) is 4.79 Å². The molecule has 4 nitrogen and oxygen atoms in total. The fourth-order valence-electron chi connectivity index (χ4n) is 1.54. The first-order valence-electron chi connectivity index (χ1n) is 5.71. The topological polar surface area (TPSA) is 54.0 Å². The van der Waals surface area contributed by atoms with Crippen LogP contribution in [0.15, 0.2) is 11.6 Å². The predicted octanol–water partition coefficient (Wildman–Crippen LogP) is 1.46. The lowest BCUT2D eigenvalue weighted by Crippen LogP contribution is -2.36. The fraction of sp³-hybridized carbons (Fsp3) is 0.636. The van der Waals surface area contributed by atoms with E-state index < -0.39 is 0 Å². The van der Waals surface area contributed by atoms with Crippen molar-refractivity contribution in [3.8, 4) is 0 Å². The van der Waals surface area contributed by atoms with Gasteiger partial charge in [0, 0.05) is 17.6 Å². The molecule has 1 aromatic rings. The number of hydrogen-bond donors (Lipinski definition) is 2. The quantitative estimate of drug-likeness (QED) is 0.790. The maximum absolute atomic E-state index is 11.5. The Balaban J connectivity index is 1.76. The highest BCUT2D eigenvalue weighted by Crippen LogP contribution is 2.19. The Hall–Kier alpha value is -0.940. The molecular weight excluding hydrogens is 222 g/mol. The van der Waals surface area contributed by atoms with Gasteiger partial charge in [-0.1, -0.05) is 6.92 Å². The van der Waals surface area contributed by atoms with Crippen LogP contribution in [0, 0.1) is 0 Å². The Kier molecular flexibility index (Phi) is 3.90. The van der Waals surface area contributed by atoms with E-state index in [1.165, 1.54) is 0 Å². The monoisotopic (exact) mass is 239 g/mol. The fourth-order valence-corrected chi connectivity index (χ4v) is 2.33. The minimum absolute atomic E-state index is 0.0949. The molecule has 2 rings (SSSR count). The van der Waals surface area contributed by atoms with Crippen molar-refractivity contribution in [1.29, 1.82) is 0 Å². The Morgan fingerprint density at radius 1 is 1.69 bits per heavy atom. The van der Waals surface area contributed by atoms with Crippen LogP contribution in [0.3, 0.4) is 0 Å². The van der Waals surface area contributed by atoms with Gasteiger partial charge >= 0.3 is 0 Å². The van der Waals surface area contributed by atoms with Gasteiger partial charge in [0.05, 0.1) is 12.6 Å². The summed E-state index contributed by atoms with van der Waals surface area (Å²) in [6.45, 7) is 2.48. The van der Waals surface area contributed by atoms with Gasteiger partial charge in [-0.05, 0) is 19.3 Å². The standard InChI is InChI=1S/C11H17N3OS/c1-2-9(11-12-5-6-16-11)13-7-10(15)14-8-3-4-8/h5-6,8-9,13H,2-4,7H2,1H3,(H,14,15). The molecule has 1 aliphatic carbocycles. The summed E-state index contributed by atoms with van der Waals surface area (Å²) in [5.41, 5.74) is 0. The molecule has 1 unspecified atom stereocenters. The molecule has 0 aromatic carbocycles. The number of rotatable bonds is 6. The highest BCUT2D eigenvalue weighted by molar-refractivity contribution is 7.09. The zero-order valence-corrected chi connectivity index (χ0v) is 10.2. The van der Waals surface area contributed by atoms with Crippen LogP contribution >= 0.6 is 11.3 Å². The zero-order valence-electron chi connectivity index (χ0n) is 9.40. The number of thiazole rings is 1. The van der Waals surface area contributed by atoms with Crippen molar-refractivity contribution < 1.29 is 4.79 Å². The number of aromatic nitrogens is 1. The molecule has 5 heteroatoms. The van der Waals surface area contributed by atoms with Gasteiger partial charge in [-0.15, -0.1) is 11.3 Å². The average molecular weight is 239 g/mol. The van der Waals surface area contributed by atoms with Gasteiger partial charge in [0.15, 0.2) is 0 Å². The molecule has 1 heterocycles. The second-order valence-electron chi connectivity index (χ2n) is 4.05. The lowest BCUT2D eigenvalue weighted by Gasteiger charge is -2.13. The summed E-state index contributed by atoms with van der Waals surface area (Å²) in [4.78, 5) is 15.8. The minimum Gasteiger partial charge on any atom is -0.352 e. The lowest BCUT2D eigenvalue weighted by molar-refractivity contribution is -0.120. The number of amides is 1. The van der Waals surface area contributed by atoms with Gasteiger partial charge < -0.3 is 5.32 Å². The third kappa shape index (κ3) is 3.28. The zero-order chi connectivity index (χ0) is 11.4. The van der Waals surface area contributed by atoms with E-state index in [9.17, 15) is 4.79 Å². The SMILES string of the molecule is CCC(NCC(=O)NC1CC1)c1nccs1. The number of nitrogens with zero attached hydrogens (tertiary/aromatic N) is 1. The lowest BCUT2D eigenvalue weighted by atomic mass is 10.2. The first-order valence-corrected chi connectivity index (χ1v) is 6.59. The molecule has 0 bridgehead atoms. The maximum Gasteiger partial charge on any atom is 0.234 e. The van der Waals surface area contributed by atoms with E-state index in [1.807, 2.05) is 5.38 Å². The summed E-state index contributed by atoms with van der Waals surface area (Å²) in [6.07, 6.45) is 5.02. The van der Waals surface area contributed by atoms with Crippen LogP contribution in [0.1, 0.15) is 37.2 Å². The summed E-state index contributed by atoms with van der Waals surface area (Å²) >= 11 is 1.63. The Morgan fingerprint density at radius 3 is 3.06 bits per heavy atom. The molecule has 88 valence electrons. The number of carbonyl (C=O) groups is 1. The van der Waals surface area contributed by atoms with E-state index in [0.29, 0.717) is 12.6 Å². The second-order valence-corrected chi connectivity index (χ2v) is 4.98. The van der Waals surface area contributed by atoms with Gasteiger partial charge in [0.1, 0.15) is 5.01 Å². The molecule has 1 aliphatic rings. The van der Waals surface area contributed by atoms with Crippen LogP contribution in [-0.4, -0.2) is 23.5 Å². The van der Waals surface area contributed by atoms with Crippen LogP contribution in [0.5, 0.6) is 0 Å². The maximum atomic E-state index is 11.5. The minimum atomic E-state index is 0.0949. The number of nitrogens with one attached hydrogen (secondary N) is 2. The Bertz CT molecular complexity index is 335. The smallest absolute Gasteiger partial charge is 0.234 e. The molecule has 2 N–H and O–H groups in total. The van der Waals surface area contributed by atoms with Crippen molar-refractivity contribution in [3.05, 3.63) is 16.6 Å². The third-order valence-electron chi connectivity index (χ3n) is 2.61. The molecule has 1 amide bonds. The highest BCUT2D eigenvalue weighted by atomic mass is 32.1. The predicted molar refractivity (Wildman–Crippen MR) is 64.3 cm³/mol. The van der Waals surface area contributed by atoms with E-state index in [0.717, 1.165) is 24.3 Å². The van der Waals surface area contributed by atoms with Gasteiger partial charge in [0.25, 0.3) is 0 Å². The molecule has 0 saturated heterocycles. The first kappa shape index (κ1) is 11.5. The van der Waals surface area contributed by atoms with E-state index >= 15 is 0 Å². The molecular formula is C11H17N3OS. The van der Waals surface area contributed by atoms with Crippen molar-refractivity contribution in [2.24, 2.45) is 0 Å². The van der Waals surface area contributed by atoms with Gasteiger partial charge in [-0.25, -0.2) is 4.98 Å². The normalized spacial score (nSPS) is 17.1. The Morgan fingerprint density at radius 2 is 2.50 bits per heavy atom. The van der Waals surface area contributed by atoms with E-state index in [-0.39, 0.29) is 11.9 Å². The van der Waals surface area contributed by atoms with Gasteiger partial charge in [-0.2, -0.15) is 0 Å². The largest absolute Gasteiger partial charge is 0.352 e. The molecule has 0 radical (unpaired) electrons. The molecule has 1 saturated carbocycles. The summed E-state index contributed by atoms with van der Waals surface area (Å²) in [7, 11) is 0. The molecule has 1 atom stereocenters. The van der Waals surface area contributed by atoms with Crippen molar-refractivity contribution in [2.75, 3.05) is 6.54 Å². The van der Waals surface area contributed by atoms with Crippen LogP contribution in [0.25, 0.3) is 0 Å². The van der Waals surface area contributed by atoms with Crippen molar-refractivity contribution in [2.45, 2.75) is 38.3 Å². The number of carbonyl (C=O) groups excluding carboxylic acids is 1.